The summed E-state index contributed by atoms with van der Waals surface area (Å²) in [6.45, 7) is 1.86. The smallest absolute Gasteiger partial charge is 0.145 e. The van der Waals surface area contributed by atoms with E-state index in [9.17, 15) is 4.79 Å². The van der Waals surface area contributed by atoms with Crippen LogP contribution in [-0.4, -0.2) is 17.3 Å². The lowest BCUT2D eigenvalue weighted by atomic mass is 10.2. The van der Waals surface area contributed by atoms with Crippen molar-refractivity contribution >= 4 is 18.0 Å². The number of hydrogen-bond donors (Lipinski definition) is 0. The summed E-state index contributed by atoms with van der Waals surface area (Å²) in [5, 5.41) is 0. The first-order valence-electron chi connectivity index (χ1n) is 3.42. The Kier molecular flexibility index (Phi) is 2.19. The molecule has 0 aromatic heterocycles. The van der Waals surface area contributed by atoms with Gasteiger partial charge in [-0.3, -0.25) is 4.79 Å². The van der Waals surface area contributed by atoms with Crippen molar-refractivity contribution in [2.75, 3.05) is 6.26 Å². The average Bonchev–Trinajstić information content (AvgIpc) is 2.70. The summed E-state index contributed by atoms with van der Waals surface area (Å²) >= 11 is 1.85. The molecule has 0 bridgehead atoms. The van der Waals surface area contributed by atoms with Crippen molar-refractivity contribution in [2.24, 2.45) is 0 Å². The first-order valence-corrected chi connectivity index (χ1v) is 4.65. The summed E-state index contributed by atoms with van der Waals surface area (Å²) < 4.78 is 0.338. The summed E-state index contributed by atoms with van der Waals surface area (Å²) in [6.07, 6.45) is 7.58. The molecule has 0 aliphatic heterocycles. The molecule has 1 aliphatic carbocycles. The molecular weight excluding hydrogens is 144 g/mol. The van der Waals surface area contributed by atoms with Gasteiger partial charge in [0, 0.05) is 4.75 Å². The van der Waals surface area contributed by atoms with E-state index in [1.807, 2.05) is 18.7 Å². The maximum Gasteiger partial charge on any atom is 0.145 e. The van der Waals surface area contributed by atoms with Crippen LogP contribution in [0.5, 0.6) is 0 Å². The molecule has 1 fully saturated rings. The molecule has 0 unspecified atom stereocenters. The molecule has 0 aromatic carbocycles. The number of hydrogen-bond acceptors (Lipinski definition) is 2. The minimum absolute atomic E-state index is 0.338. The molecule has 1 aliphatic rings. The van der Waals surface area contributed by atoms with Crippen LogP contribution in [0.3, 0.4) is 0 Å². The highest BCUT2D eigenvalue weighted by molar-refractivity contribution is 8.00. The van der Waals surface area contributed by atoms with Crippen LogP contribution >= 0.6 is 11.8 Å². The lowest BCUT2D eigenvalue weighted by Gasteiger charge is -2.03. The van der Waals surface area contributed by atoms with Crippen molar-refractivity contribution in [3.8, 4) is 0 Å². The Hall–Kier alpha value is -0.240. The van der Waals surface area contributed by atoms with E-state index in [0.29, 0.717) is 4.75 Å². The molecular formula is C8H12OS. The highest BCUT2D eigenvalue weighted by Gasteiger charge is 2.39. The minimum atomic E-state index is 0.338. The zero-order valence-electron chi connectivity index (χ0n) is 6.39. The second-order valence-corrected chi connectivity index (χ2v) is 4.00. The van der Waals surface area contributed by atoms with Crippen molar-refractivity contribution < 1.29 is 4.79 Å². The molecule has 0 aromatic rings. The highest BCUT2D eigenvalue weighted by Crippen LogP contribution is 2.48. The number of rotatable bonds is 3. The van der Waals surface area contributed by atoms with Gasteiger partial charge < -0.3 is 0 Å². The van der Waals surface area contributed by atoms with Gasteiger partial charge in [0.05, 0.1) is 0 Å². The third kappa shape index (κ3) is 1.63. The summed E-state index contributed by atoms with van der Waals surface area (Å²) in [5.74, 6) is 0. The molecule has 0 saturated heterocycles. The number of thioether (sulfide) groups is 1. The second kappa shape index (κ2) is 2.79. The standard InChI is InChI=1S/C8H12OS/c1-7(6-9)5-8(10-2)3-4-8/h5-6H,3-4H2,1-2H3/b7-5-. The Morgan fingerprint density at radius 2 is 2.20 bits per heavy atom. The lowest BCUT2D eigenvalue weighted by Crippen LogP contribution is -1.96. The van der Waals surface area contributed by atoms with Crippen LogP contribution in [0.2, 0.25) is 0 Å². The fourth-order valence-corrected chi connectivity index (χ4v) is 1.79. The SMILES string of the molecule is CSC1(/C=C(/C)C=O)CC1. The van der Waals surface area contributed by atoms with Gasteiger partial charge in [-0.2, -0.15) is 11.8 Å². The van der Waals surface area contributed by atoms with Crippen molar-refractivity contribution in [3.05, 3.63) is 11.6 Å². The average molecular weight is 156 g/mol. The second-order valence-electron chi connectivity index (χ2n) is 2.78. The van der Waals surface area contributed by atoms with Crippen LogP contribution in [0, 0.1) is 0 Å². The summed E-state index contributed by atoms with van der Waals surface area (Å²) in [5.41, 5.74) is 0.867. The van der Waals surface area contributed by atoms with E-state index in [0.717, 1.165) is 11.9 Å². The molecule has 0 radical (unpaired) electrons. The molecule has 56 valence electrons. The molecule has 0 heterocycles. The van der Waals surface area contributed by atoms with Gasteiger partial charge in [0.1, 0.15) is 6.29 Å². The predicted octanol–water partition coefficient (Wildman–Crippen LogP) is 2.03. The Bertz CT molecular complexity index is 168. The Balaban J connectivity index is 2.58. The van der Waals surface area contributed by atoms with Crippen LogP contribution in [0.4, 0.5) is 0 Å². The van der Waals surface area contributed by atoms with Gasteiger partial charge in [0.2, 0.25) is 0 Å². The van der Waals surface area contributed by atoms with Crippen LogP contribution in [0.25, 0.3) is 0 Å². The first kappa shape index (κ1) is 7.86. The van der Waals surface area contributed by atoms with Gasteiger partial charge in [-0.05, 0) is 31.6 Å². The van der Waals surface area contributed by atoms with E-state index in [-0.39, 0.29) is 0 Å². The van der Waals surface area contributed by atoms with Crippen molar-refractivity contribution in [3.63, 3.8) is 0 Å². The molecule has 0 spiro atoms. The van der Waals surface area contributed by atoms with Gasteiger partial charge >= 0.3 is 0 Å². The maximum atomic E-state index is 10.2. The summed E-state index contributed by atoms with van der Waals surface area (Å²) in [7, 11) is 0. The van der Waals surface area contributed by atoms with Crippen molar-refractivity contribution in [2.45, 2.75) is 24.5 Å². The first-order chi connectivity index (χ1) is 4.72. The van der Waals surface area contributed by atoms with Gasteiger partial charge in [0.25, 0.3) is 0 Å². The van der Waals surface area contributed by atoms with Gasteiger partial charge in [-0.15, -0.1) is 0 Å². The third-order valence-electron chi connectivity index (χ3n) is 1.83. The Labute approximate surface area is 65.9 Å². The molecule has 2 heteroatoms. The van der Waals surface area contributed by atoms with E-state index >= 15 is 0 Å². The van der Waals surface area contributed by atoms with Crippen LogP contribution in [-0.2, 0) is 4.79 Å². The molecule has 1 nitrogen and oxygen atoms in total. The van der Waals surface area contributed by atoms with E-state index in [1.54, 1.807) is 0 Å². The predicted molar refractivity (Wildman–Crippen MR) is 45.3 cm³/mol. The van der Waals surface area contributed by atoms with Crippen molar-refractivity contribution in [1.29, 1.82) is 0 Å². The third-order valence-corrected chi connectivity index (χ3v) is 3.17. The minimum Gasteiger partial charge on any atom is -0.298 e. The quantitative estimate of drug-likeness (QED) is 0.459. The lowest BCUT2D eigenvalue weighted by molar-refractivity contribution is -0.104. The van der Waals surface area contributed by atoms with Gasteiger partial charge in [0.15, 0.2) is 0 Å². The zero-order valence-corrected chi connectivity index (χ0v) is 7.20. The van der Waals surface area contributed by atoms with Crippen LogP contribution in [0.15, 0.2) is 11.6 Å². The molecule has 0 atom stereocenters. The molecule has 1 saturated carbocycles. The van der Waals surface area contributed by atoms with E-state index < -0.39 is 0 Å². The maximum absolute atomic E-state index is 10.2. The fourth-order valence-electron chi connectivity index (χ4n) is 0.980. The van der Waals surface area contributed by atoms with E-state index in [4.69, 9.17) is 0 Å². The van der Waals surface area contributed by atoms with E-state index in [1.165, 1.54) is 12.8 Å². The number of carbonyl (C=O) groups excluding carboxylic acids is 1. The number of allylic oxidation sites excluding steroid dienone is 1. The molecule has 0 amide bonds. The van der Waals surface area contributed by atoms with Gasteiger partial charge in [-0.25, -0.2) is 0 Å². The topological polar surface area (TPSA) is 17.1 Å². The van der Waals surface area contributed by atoms with E-state index in [2.05, 4.69) is 12.3 Å². The zero-order chi connectivity index (χ0) is 7.61. The van der Waals surface area contributed by atoms with Crippen molar-refractivity contribution in [1.82, 2.24) is 0 Å². The molecule has 0 N–H and O–H groups in total. The molecule has 1 rings (SSSR count). The summed E-state index contributed by atoms with van der Waals surface area (Å²) in [6, 6.07) is 0. The highest BCUT2D eigenvalue weighted by atomic mass is 32.2. The fraction of sp³-hybridized carbons (Fsp3) is 0.625. The Morgan fingerprint density at radius 3 is 2.50 bits per heavy atom. The van der Waals surface area contributed by atoms with Gasteiger partial charge in [-0.1, -0.05) is 6.08 Å². The van der Waals surface area contributed by atoms with Crippen LogP contribution in [0.1, 0.15) is 19.8 Å². The normalized spacial score (nSPS) is 22.4. The Morgan fingerprint density at radius 1 is 1.60 bits per heavy atom. The summed E-state index contributed by atoms with van der Waals surface area (Å²) in [4.78, 5) is 10.2. The number of carbonyl (C=O) groups is 1. The molecule has 10 heavy (non-hydrogen) atoms. The monoisotopic (exact) mass is 156 g/mol. The van der Waals surface area contributed by atoms with Crippen LogP contribution < -0.4 is 0 Å². The largest absolute Gasteiger partial charge is 0.298 e. The number of aldehydes is 1.